The van der Waals surface area contributed by atoms with E-state index in [9.17, 15) is 14.3 Å². The Bertz CT molecular complexity index is 453. The number of hydrogen-bond acceptors (Lipinski definition) is 2. The molecule has 1 amide bonds. The first-order valence-electron chi connectivity index (χ1n) is 6.85. The van der Waals surface area contributed by atoms with Crippen molar-refractivity contribution in [3.05, 3.63) is 29.6 Å². The Morgan fingerprint density at radius 2 is 1.89 bits per heavy atom. The number of aromatic hydroxyl groups is 1. The standard InChI is InChI=1S/C15H20FNO2/c1-17(12-6-4-2-3-5-7-12)15(19)13-9-8-11(16)10-14(13)18/h8-10,12,18H,2-7H2,1H3. The number of rotatable bonds is 2. The Kier molecular flexibility index (Phi) is 4.40. The van der Waals surface area contributed by atoms with Crippen molar-refractivity contribution < 1.29 is 14.3 Å². The Labute approximate surface area is 113 Å². The Morgan fingerprint density at radius 3 is 2.47 bits per heavy atom. The second-order valence-electron chi connectivity index (χ2n) is 5.22. The molecule has 0 atom stereocenters. The van der Waals surface area contributed by atoms with Crippen LogP contribution in [-0.2, 0) is 0 Å². The maximum atomic E-state index is 12.9. The molecule has 1 aliphatic carbocycles. The van der Waals surface area contributed by atoms with Crippen molar-refractivity contribution in [2.24, 2.45) is 0 Å². The molecule has 0 aliphatic heterocycles. The second-order valence-corrected chi connectivity index (χ2v) is 5.22. The van der Waals surface area contributed by atoms with Gasteiger partial charge in [-0.15, -0.1) is 0 Å². The summed E-state index contributed by atoms with van der Waals surface area (Å²) < 4.78 is 12.9. The highest BCUT2D eigenvalue weighted by Gasteiger charge is 2.24. The van der Waals surface area contributed by atoms with Crippen molar-refractivity contribution in [1.29, 1.82) is 0 Å². The summed E-state index contributed by atoms with van der Waals surface area (Å²) in [6, 6.07) is 3.75. The first-order chi connectivity index (χ1) is 9.09. The van der Waals surface area contributed by atoms with Gasteiger partial charge in [0.1, 0.15) is 11.6 Å². The van der Waals surface area contributed by atoms with Crippen molar-refractivity contribution in [2.75, 3.05) is 7.05 Å². The monoisotopic (exact) mass is 265 g/mol. The van der Waals surface area contributed by atoms with Crippen LogP contribution in [-0.4, -0.2) is 29.0 Å². The van der Waals surface area contributed by atoms with Crippen LogP contribution in [0.2, 0.25) is 0 Å². The van der Waals surface area contributed by atoms with Gasteiger partial charge in [0, 0.05) is 19.2 Å². The lowest BCUT2D eigenvalue weighted by molar-refractivity contribution is 0.0714. The van der Waals surface area contributed by atoms with Crippen LogP contribution in [0.15, 0.2) is 18.2 Å². The molecule has 0 saturated heterocycles. The SMILES string of the molecule is CN(C(=O)c1ccc(F)cc1O)C1CCCCCC1. The molecule has 1 fully saturated rings. The third kappa shape index (κ3) is 3.25. The molecule has 4 heteroatoms. The lowest BCUT2D eigenvalue weighted by atomic mass is 10.1. The van der Waals surface area contributed by atoms with E-state index in [1.807, 2.05) is 0 Å². The van der Waals surface area contributed by atoms with E-state index in [-0.39, 0.29) is 23.3 Å². The third-order valence-corrected chi connectivity index (χ3v) is 3.88. The van der Waals surface area contributed by atoms with Gasteiger partial charge in [-0.2, -0.15) is 0 Å². The third-order valence-electron chi connectivity index (χ3n) is 3.88. The fourth-order valence-electron chi connectivity index (χ4n) is 2.69. The molecular weight excluding hydrogens is 245 g/mol. The number of benzene rings is 1. The van der Waals surface area contributed by atoms with E-state index >= 15 is 0 Å². The molecule has 3 nitrogen and oxygen atoms in total. The molecule has 0 unspecified atom stereocenters. The van der Waals surface area contributed by atoms with Crippen LogP contribution < -0.4 is 0 Å². The molecule has 2 rings (SSSR count). The Balaban J connectivity index is 2.13. The minimum absolute atomic E-state index is 0.174. The first-order valence-corrected chi connectivity index (χ1v) is 6.85. The molecule has 1 saturated carbocycles. The average Bonchev–Trinajstić information content (AvgIpc) is 2.66. The van der Waals surface area contributed by atoms with Gasteiger partial charge in [0.15, 0.2) is 0 Å². The summed E-state index contributed by atoms with van der Waals surface area (Å²) in [7, 11) is 1.76. The van der Waals surface area contributed by atoms with Gasteiger partial charge in [0.25, 0.3) is 5.91 Å². The van der Waals surface area contributed by atoms with Gasteiger partial charge in [-0.1, -0.05) is 25.7 Å². The smallest absolute Gasteiger partial charge is 0.257 e. The number of phenolic OH excluding ortho intramolecular Hbond substituents is 1. The number of hydrogen-bond donors (Lipinski definition) is 1. The zero-order valence-corrected chi connectivity index (χ0v) is 11.2. The van der Waals surface area contributed by atoms with Crippen molar-refractivity contribution in [3.8, 4) is 5.75 Å². The lowest BCUT2D eigenvalue weighted by Gasteiger charge is -2.27. The van der Waals surface area contributed by atoms with E-state index in [1.54, 1.807) is 11.9 Å². The average molecular weight is 265 g/mol. The number of halogens is 1. The summed E-state index contributed by atoms with van der Waals surface area (Å²) in [4.78, 5) is 14.0. The quantitative estimate of drug-likeness (QED) is 0.833. The summed E-state index contributed by atoms with van der Waals surface area (Å²) >= 11 is 0. The summed E-state index contributed by atoms with van der Waals surface area (Å²) in [6.07, 6.45) is 6.73. The largest absolute Gasteiger partial charge is 0.507 e. The van der Waals surface area contributed by atoms with E-state index in [0.717, 1.165) is 31.7 Å². The van der Waals surface area contributed by atoms with Crippen LogP contribution in [0.1, 0.15) is 48.9 Å². The first kappa shape index (κ1) is 13.8. The Morgan fingerprint density at radius 1 is 1.26 bits per heavy atom. The van der Waals surface area contributed by atoms with E-state index in [0.29, 0.717) is 0 Å². The van der Waals surface area contributed by atoms with Crippen LogP contribution in [0.4, 0.5) is 4.39 Å². The summed E-state index contributed by atoms with van der Waals surface area (Å²) in [5, 5.41) is 9.68. The van der Waals surface area contributed by atoms with Gasteiger partial charge in [-0.3, -0.25) is 4.79 Å². The van der Waals surface area contributed by atoms with Crippen molar-refractivity contribution in [2.45, 2.75) is 44.6 Å². The molecule has 1 aliphatic rings. The predicted molar refractivity (Wildman–Crippen MR) is 71.6 cm³/mol. The zero-order valence-electron chi connectivity index (χ0n) is 11.2. The fourth-order valence-corrected chi connectivity index (χ4v) is 2.69. The van der Waals surface area contributed by atoms with Crippen LogP contribution in [0, 0.1) is 5.82 Å². The molecule has 1 aromatic rings. The van der Waals surface area contributed by atoms with E-state index < -0.39 is 5.82 Å². The molecule has 1 aromatic carbocycles. The normalized spacial score (nSPS) is 16.9. The van der Waals surface area contributed by atoms with Gasteiger partial charge >= 0.3 is 0 Å². The van der Waals surface area contributed by atoms with Crippen LogP contribution in [0.3, 0.4) is 0 Å². The van der Waals surface area contributed by atoms with Crippen molar-refractivity contribution in [1.82, 2.24) is 4.90 Å². The Hall–Kier alpha value is -1.58. The molecule has 104 valence electrons. The van der Waals surface area contributed by atoms with Gasteiger partial charge in [-0.05, 0) is 25.0 Å². The predicted octanol–water partition coefficient (Wildman–Crippen LogP) is 3.33. The number of carbonyl (C=O) groups excluding carboxylic acids is 1. The van der Waals surface area contributed by atoms with Gasteiger partial charge < -0.3 is 10.0 Å². The van der Waals surface area contributed by atoms with E-state index in [4.69, 9.17) is 0 Å². The van der Waals surface area contributed by atoms with Crippen LogP contribution in [0.25, 0.3) is 0 Å². The maximum Gasteiger partial charge on any atom is 0.257 e. The summed E-state index contributed by atoms with van der Waals surface area (Å²) in [6.45, 7) is 0. The molecule has 0 aromatic heterocycles. The fraction of sp³-hybridized carbons (Fsp3) is 0.533. The minimum atomic E-state index is -0.536. The van der Waals surface area contributed by atoms with Gasteiger partial charge in [0.05, 0.1) is 5.56 Å². The highest BCUT2D eigenvalue weighted by molar-refractivity contribution is 5.96. The molecule has 1 N–H and O–H groups in total. The van der Waals surface area contributed by atoms with Crippen LogP contribution in [0.5, 0.6) is 5.75 Å². The summed E-state index contributed by atoms with van der Waals surface area (Å²) in [5.41, 5.74) is 0.174. The molecule has 0 heterocycles. The summed E-state index contributed by atoms with van der Waals surface area (Å²) in [5.74, 6) is -1.05. The number of amides is 1. The minimum Gasteiger partial charge on any atom is -0.507 e. The van der Waals surface area contributed by atoms with E-state index in [2.05, 4.69) is 0 Å². The van der Waals surface area contributed by atoms with Crippen LogP contribution >= 0.6 is 0 Å². The van der Waals surface area contributed by atoms with Gasteiger partial charge in [-0.25, -0.2) is 4.39 Å². The van der Waals surface area contributed by atoms with E-state index in [1.165, 1.54) is 25.0 Å². The maximum absolute atomic E-state index is 12.9. The molecule has 19 heavy (non-hydrogen) atoms. The molecule has 0 bridgehead atoms. The highest BCUT2D eigenvalue weighted by atomic mass is 19.1. The number of nitrogens with zero attached hydrogens (tertiary/aromatic N) is 1. The molecule has 0 spiro atoms. The van der Waals surface area contributed by atoms with Crippen molar-refractivity contribution in [3.63, 3.8) is 0 Å². The zero-order chi connectivity index (χ0) is 13.8. The number of carbonyl (C=O) groups is 1. The highest BCUT2D eigenvalue weighted by Crippen LogP contribution is 2.25. The number of phenols is 1. The van der Waals surface area contributed by atoms with Crippen molar-refractivity contribution >= 4 is 5.91 Å². The molecule has 0 radical (unpaired) electrons. The second kappa shape index (κ2) is 6.04. The van der Waals surface area contributed by atoms with Gasteiger partial charge in [0.2, 0.25) is 0 Å². The molecular formula is C15H20FNO2. The topological polar surface area (TPSA) is 40.5 Å². The lowest BCUT2D eigenvalue weighted by Crippen LogP contribution is -2.36.